The van der Waals surface area contributed by atoms with Gasteiger partial charge >= 0.3 is 0 Å². The maximum atomic E-state index is 11.9. The quantitative estimate of drug-likeness (QED) is 0.577. The van der Waals surface area contributed by atoms with Crippen LogP contribution in [0.5, 0.6) is 23.0 Å². The summed E-state index contributed by atoms with van der Waals surface area (Å²) in [5, 5.41) is 22.5. The van der Waals surface area contributed by atoms with Crippen molar-refractivity contribution in [2.45, 2.75) is 0 Å². The first-order valence-corrected chi connectivity index (χ1v) is 6.62. The minimum atomic E-state index is -0.570. The molecular formula is C16H16N2O5. The molecule has 0 aliphatic heterocycles. The second-order valence-electron chi connectivity index (χ2n) is 4.55. The van der Waals surface area contributed by atoms with Gasteiger partial charge in [0.2, 0.25) is 0 Å². The lowest BCUT2D eigenvalue weighted by Crippen LogP contribution is -2.17. The molecule has 3 N–H and O–H groups in total. The lowest BCUT2D eigenvalue weighted by molar-refractivity contribution is 0.0954. The molecule has 0 aromatic heterocycles. The molecule has 0 aliphatic carbocycles. The van der Waals surface area contributed by atoms with Crippen LogP contribution in [-0.4, -0.2) is 36.6 Å². The van der Waals surface area contributed by atoms with Crippen LogP contribution in [0.25, 0.3) is 0 Å². The van der Waals surface area contributed by atoms with Crippen LogP contribution in [0, 0.1) is 0 Å². The van der Waals surface area contributed by atoms with Gasteiger partial charge in [-0.15, -0.1) is 0 Å². The summed E-state index contributed by atoms with van der Waals surface area (Å²) in [5.41, 5.74) is 3.03. The molecule has 0 atom stereocenters. The number of rotatable bonds is 5. The Morgan fingerprint density at radius 2 is 1.78 bits per heavy atom. The molecule has 0 heterocycles. The number of phenols is 2. The van der Waals surface area contributed by atoms with E-state index in [0.717, 1.165) is 6.07 Å². The van der Waals surface area contributed by atoms with Gasteiger partial charge in [-0.3, -0.25) is 4.79 Å². The summed E-state index contributed by atoms with van der Waals surface area (Å²) in [5.74, 6) is 0.183. The molecule has 0 fully saturated rings. The van der Waals surface area contributed by atoms with Crippen LogP contribution in [0.2, 0.25) is 0 Å². The Morgan fingerprint density at radius 1 is 1.09 bits per heavy atom. The lowest BCUT2D eigenvalue weighted by Gasteiger charge is -2.07. The summed E-state index contributed by atoms with van der Waals surface area (Å²) in [4.78, 5) is 11.9. The van der Waals surface area contributed by atoms with Gasteiger partial charge in [-0.25, -0.2) is 5.43 Å². The van der Waals surface area contributed by atoms with Gasteiger partial charge in [0, 0.05) is 23.3 Å². The van der Waals surface area contributed by atoms with Gasteiger partial charge in [-0.05, 0) is 24.3 Å². The van der Waals surface area contributed by atoms with Gasteiger partial charge < -0.3 is 19.7 Å². The number of nitrogens with zero attached hydrogens (tertiary/aromatic N) is 1. The van der Waals surface area contributed by atoms with Gasteiger partial charge in [0.15, 0.2) is 0 Å². The van der Waals surface area contributed by atoms with E-state index < -0.39 is 5.91 Å². The van der Waals surface area contributed by atoms with Gasteiger partial charge in [0.05, 0.1) is 20.4 Å². The van der Waals surface area contributed by atoms with Crippen molar-refractivity contribution in [2.24, 2.45) is 5.10 Å². The van der Waals surface area contributed by atoms with Crippen LogP contribution < -0.4 is 14.9 Å². The maximum Gasteiger partial charge on any atom is 0.271 e. The Hall–Kier alpha value is -3.22. The van der Waals surface area contributed by atoms with Gasteiger partial charge in [-0.2, -0.15) is 5.10 Å². The first-order valence-electron chi connectivity index (χ1n) is 6.62. The van der Waals surface area contributed by atoms with Crippen molar-refractivity contribution in [3.63, 3.8) is 0 Å². The summed E-state index contributed by atoms with van der Waals surface area (Å²) >= 11 is 0. The smallest absolute Gasteiger partial charge is 0.271 e. The lowest BCUT2D eigenvalue weighted by atomic mass is 10.2. The Balaban J connectivity index is 2.10. The molecule has 0 spiro atoms. The van der Waals surface area contributed by atoms with E-state index in [1.165, 1.54) is 25.5 Å². The number of aromatic hydroxyl groups is 2. The molecular weight excluding hydrogens is 300 g/mol. The fourth-order valence-corrected chi connectivity index (χ4v) is 1.88. The Bertz CT molecular complexity index is 723. The second kappa shape index (κ2) is 7.17. The summed E-state index contributed by atoms with van der Waals surface area (Å²) in [7, 11) is 3.06. The predicted molar refractivity (Wildman–Crippen MR) is 84.4 cm³/mol. The topological polar surface area (TPSA) is 100 Å². The summed E-state index contributed by atoms with van der Waals surface area (Å²) in [6.45, 7) is 0. The van der Waals surface area contributed by atoms with E-state index in [2.05, 4.69) is 10.5 Å². The number of hydrogen-bond acceptors (Lipinski definition) is 6. The van der Waals surface area contributed by atoms with Crippen molar-refractivity contribution < 1.29 is 24.5 Å². The number of methoxy groups -OCH3 is 2. The van der Waals surface area contributed by atoms with Crippen LogP contribution in [0.15, 0.2) is 41.5 Å². The number of hydrazone groups is 1. The minimum Gasteiger partial charge on any atom is -0.508 e. The molecule has 2 aromatic rings. The monoisotopic (exact) mass is 316 g/mol. The number of benzene rings is 2. The zero-order valence-electron chi connectivity index (χ0n) is 12.6. The Morgan fingerprint density at radius 3 is 2.39 bits per heavy atom. The zero-order chi connectivity index (χ0) is 16.8. The van der Waals surface area contributed by atoms with E-state index in [1.807, 2.05) is 0 Å². The summed E-state index contributed by atoms with van der Waals surface area (Å²) in [6, 6.07) is 8.72. The first kappa shape index (κ1) is 16.2. The van der Waals surface area contributed by atoms with E-state index in [0.29, 0.717) is 17.1 Å². The highest BCUT2D eigenvalue weighted by Crippen LogP contribution is 2.23. The number of carbonyl (C=O) groups excluding carboxylic acids is 1. The van der Waals surface area contributed by atoms with Crippen molar-refractivity contribution >= 4 is 12.1 Å². The van der Waals surface area contributed by atoms with E-state index in [4.69, 9.17) is 9.47 Å². The summed E-state index contributed by atoms with van der Waals surface area (Å²) < 4.78 is 10.3. The van der Waals surface area contributed by atoms with Crippen molar-refractivity contribution in [3.8, 4) is 23.0 Å². The molecule has 0 unspecified atom stereocenters. The van der Waals surface area contributed by atoms with E-state index in [-0.39, 0.29) is 17.1 Å². The molecule has 2 aromatic carbocycles. The standard InChI is InChI=1S/C16H16N2O5/c1-22-14-4-3-10(15(8-14)23-2)9-17-18-16(21)11-5-12(19)7-13(20)6-11/h3-9,19-20H,1-2H3,(H,18,21)/b17-9+. The molecule has 2 rings (SSSR count). The SMILES string of the molecule is COc1ccc(/C=N/NC(=O)c2cc(O)cc(O)c2)c(OC)c1. The molecule has 23 heavy (non-hydrogen) atoms. The molecule has 7 nitrogen and oxygen atoms in total. The number of ether oxygens (including phenoxy) is 2. The van der Waals surface area contributed by atoms with Crippen LogP contribution in [0.1, 0.15) is 15.9 Å². The average Bonchev–Trinajstić information content (AvgIpc) is 2.54. The second-order valence-corrected chi connectivity index (χ2v) is 4.55. The normalized spacial score (nSPS) is 10.5. The van der Waals surface area contributed by atoms with Crippen molar-refractivity contribution in [1.29, 1.82) is 0 Å². The van der Waals surface area contributed by atoms with Crippen molar-refractivity contribution in [1.82, 2.24) is 5.43 Å². The molecule has 0 aliphatic rings. The third kappa shape index (κ3) is 4.13. The number of hydrogen-bond donors (Lipinski definition) is 3. The maximum absolute atomic E-state index is 11.9. The van der Waals surface area contributed by atoms with Crippen LogP contribution in [-0.2, 0) is 0 Å². The van der Waals surface area contributed by atoms with Crippen LogP contribution in [0.4, 0.5) is 0 Å². The molecule has 0 saturated heterocycles. The molecule has 0 saturated carbocycles. The van der Waals surface area contributed by atoms with Crippen LogP contribution in [0.3, 0.4) is 0 Å². The average molecular weight is 316 g/mol. The third-order valence-corrected chi connectivity index (χ3v) is 2.98. The third-order valence-electron chi connectivity index (χ3n) is 2.98. The van der Waals surface area contributed by atoms with Crippen molar-refractivity contribution in [2.75, 3.05) is 14.2 Å². The van der Waals surface area contributed by atoms with Gasteiger partial charge in [0.1, 0.15) is 23.0 Å². The Kier molecular flexibility index (Phi) is 5.03. The number of carbonyl (C=O) groups is 1. The Labute approximate surface area is 132 Å². The number of nitrogens with one attached hydrogen (secondary N) is 1. The fourth-order valence-electron chi connectivity index (χ4n) is 1.88. The number of phenolic OH excluding ortho intramolecular Hbond substituents is 2. The van der Waals surface area contributed by atoms with Crippen molar-refractivity contribution in [3.05, 3.63) is 47.5 Å². The van der Waals surface area contributed by atoms with E-state index in [1.54, 1.807) is 25.3 Å². The molecule has 1 amide bonds. The van der Waals surface area contributed by atoms with Crippen LogP contribution >= 0.6 is 0 Å². The molecule has 0 radical (unpaired) electrons. The van der Waals surface area contributed by atoms with Gasteiger partial charge in [-0.1, -0.05) is 0 Å². The summed E-state index contributed by atoms with van der Waals surface area (Å²) in [6.07, 6.45) is 1.42. The molecule has 120 valence electrons. The van der Waals surface area contributed by atoms with E-state index in [9.17, 15) is 15.0 Å². The van der Waals surface area contributed by atoms with E-state index >= 15 is 0 Å². The molecule has 7 heteroatoms. The zero-order valence-corrected chi connectivity index (χ0v) is 12.6. The van der Waals surface area contributed by atoms with Gasteiger partial charge in [0.25, 0.3) is 5.91 Å². The first-order chi connectivity index (χ1) is 11.0. The molecule has 0 bridgehead atoms. The highest BCUT2D eigenvalue weighted by atomic mass is 16.5. The number of amides is 1. The highest BCUT2D eigenvalue weighted by molar-refractivity contribution is 5.95. The largest absolute Gasteiger partial charge is 0.508 e. The highest BCUT2D eigenvalue weighted by Gasteiger charge is 2.08. The predicted octanol–water partition coefficient (Wildman–Crippen LogP) is 1.88. The minimum absolute atomic E-state index is 0.0846. The fraction of sp³-hybridized carbons (Fsp3) is 0.125.